The lowest BCUT2D eigenvalue weighted by atomic mass is 10.2. The monoisotopic (exact) mass is 267 g/mol. The van der Waals surface area contributed by atoms with E-state index in [4.69, 9.17) is 5.26 Å². The van der Waals surface area contributed by atoms with E-state index in [9.17, 15) is 13.2 Å². The molecular weight excluding hydrogens is 254 g/mol. The second-order valence-electron chi connectivity index (χ2n) is 3.54. The lowest BCUT2D eigenvalue weighted by Crippen LogP contribution is -2.37. The molecule has 0 heterocycles. The molecule has 1 amide bonds. The molecule has 0 unspecified atom stereocenters. The van der Waals surface area contributed by atoms with Crippen LogP contribution in [0.25, 0.3) is 0 Å². The number of likely N-dealkylation sites (N-methyl/N-ethyl adjacent to an activating group) is 2. The topological polar surface area (TPSA) is 90.3 Å². The molecule has 0 aliphatic rings. The average molecular weight is 267 g/mol. The van der Waals surface area contributed by atoms with E-state index >= 15 is 0 Å². The SMILES string of the molecule is CNC(=O)CN(C)S(=O)(=O)c1ccccc1C#N. The van der Waals surface area contributed by atoms with Gasteiger partial charge in [0, 0.05) is 14.1 Å². The van der Waals surface area contributed by atoms with Crippen molar-refractivity contribution in [3.05, 3.63) is 29.8 Å². The Morgan fingerprint density at radius 1 is 1.44 bits per heavy atom. The van der Waals surface area contributed by atoms with Crippen LogP contribution in [0.5, 0.6) is 0 Å². The third kappa shape index (κ3) is 2.85. The van der Waals surface area contributed by atoms with Crippen molar-refractivity contribution in [2.24, 2.45) is 0 Å². The van der Waals surface area contributed by atoms with Crippen LogP contribution in [0.1, 0.15) is 5.56 Å². The molecular formula is C11H13N3O3S. The lowest BCUT2D eigenvalue weighted by molar-refractivity contribution is -0.120. The summed E-state index contributed by atoms with van der Waals surface area (Å²) in [7, 11) is -1.12. The van der Waals surface area contributed by atoms with E-state index in [1.807, 2.05) is 6.07 Å². The van der Waals surface area contributed by atoms with Crippen molar-refractivity contribution in [2.75, 3.05) is 20.6 Å². The summed E-state index contributed by atoms with van der Waals surface area (Å²) in [4.78, 5) is 11.1. The summed E-state index contributed by atoms with van der Waals surface area (Å²) < 4.78 is 25.2. The smallest absolute Gasteiger partial charge is 0.244 e. The fourth-order valence-electron chi connectivity index (χ4n) is 1.32. The van der Waals surface area contributed by atoms with Gasteiger partial charge in [0.1, 0.15) is 6.07 Å². The Bertz CT molecular complexity index is 590. The fourth-order valence-corrected chi connectivity index (χ4v) is 2.58. The Hall–Kier alpha value is -1.91. The minimum absolute atomic E-state index is 0.0567. The van der Waals surface area contributed by atoms with Crippen molar-refractivity contribution in [3.8, 4) is 6.07 Å². The molecule has 1 N–H and O–H groups in total. The van der Waals surface area contributed by atoms with E-state index < -0.39 is 15.9 Å². The maximum absolute atomic E-state index is 12.2. The minimum Gasteiger partial charge on any atom is -0.358 e. The third-order valence-electron chi connectivity index (χ3n) is 2.34. The quantitative estimate of drug-likeness (QED) is 0.826. The molecule has 18 heavy (non-hydrogen) atoms. The van der Waals surface area contributed by atoms with Crippen molar-refractivity contribution in [1.82, 2.24) is 9.62 Å². The van der Waals surface area contributed by atoms with Crippen LogP contribution in [-0.2, 0) is 14.8 Å². The highest BCUT2D eigenvalue weighted by Crippen LogP contribution is 2.18. The van der Waals surface area contributed by atoms with Gasteiger partial charge in [0.25, 0.3) is 0 Å². The van der Waals surface area contributed by atoms with E-state index in [-0.39, 0.29) is 17.0 Å². The summed E-state index contributed by atoms with van der Waals surface area (Å²) >= 11 is 0. The highest BCUT2D eigenvalue weighted by Gasteiger charge is 2.25. The van der Waals surface area contributed by atoms with E-state index in [2.05, 4.69) is 5.32 Å². The molecule has 0 aliphatic heterocycles. The molecule has 1 rings (SSSR count). The zero-order valence-corrected chi connectivity index (χ0v) is 10.9. The first kappa shape index (κ1) is 14.2. The maximum Gasteiger partial charge on any atom is 0.244 e. The second-order valence-corrected chi connectivity index (χ2v) is 5.56. The zero-order chi connectivity index (χ0) is 13.8. The van der Waals surface area contributed by atoms with Crippen molar-refractivity contribution >= 4 is 15.9 Å². The highest BCUT2D eigenvalue weighted by atomic mass is 32.2. The number of nitriles is 1. The molecule has 0 saturated heterocycles. The Labute approximate surface area is 106 Å². The van der Waals surface area contributed by atoms with Gasteiger partial charge in [-0.25, -0.2) is 8.42 Å². The van der Waals surface area contributed by atoms with E-state index in [1.165, 1.54) is 32.3 Å². The lowest BCUT2D eigenvalue weighted by Gasteiger charge is -2.16. The molecule has 6 nitrogen and oxygen atoms in total. The van der Waals surface area contributed by atoms with Crippen LogP contribution in [0.4, 0.5) is 0 Å². The Morgan fingerprint density at radius 2 is 2.06 bits per heavy atom. The number of hydrogen-bond donors (Lipinski definition) is 1. The van der Waals surface area contributed by atoms with Gasteiger partial charge in [-0.15, -0.1) is 0 Å². The number of hydrogen-bond acceptors (Lipinski definition) is 4. The van der Waals surface area contributed by atoms with Crippen LogP contribution in [0, 0.1) is 11.3 Å². The van der Waals surface area contributed by atoms with Gasteiger partial charge in [-0.2, -0.15) is 9.57 Å². The second kappa shape index (κ2) is 5.62. The summed E-state index contributed by atoms with van der Waals surface area (Å²) in [5, 5.41) is 11.2. The Morgan fingerprint density at radius 3 is 2.61 bits per heavy atom. The number of nitrogens with zero attached hydrogens (tertiary/aromatic N) is 2. The average Bonchev–Trinajstić information content (AvgIpc) is 2.38. The minimum atomic E-state index is -3.84. The van der Waals surface area contributed by atoms with Crippen molar-refractivity contribution in [3.63, 3.8) is 0 Å². The fraction of sp³-hybridized carbons (Fsp3) is 0.273. The van der Waals surface area contributed by atoms with Crippen LogP contribution in [0.15, 0.2) is 29.2 Å². The van der Waals surface area contributed by atoms with E-state index in [0.717, 1.165) is 4.31 Å². The number of amides is 1. The first-order chi connectivity index (χ1) is 8.43. The van der Waals surface area contributed by atoms with Gasteiger partial charge in [0.2, 0.25) is 15.9 Å². The predicted octanol–water partition coefficient (Wildman–Crippen LogP) is -0.0752. The first-order valence-corrected chi connectivity index (χ1v) is 6.53. The van der Waals surface area contributed by atoms with Gasteiger partial charge >= 0.3 is 0 Å². The molecule has 1 aromatic rings. The molecule has 0 aromatic heterocycles. The molecule has 0 radical (unpaired) electrons. The van der Waals surface area contributed by atoms with Gasteiger partial charge in [0.05, 0.1) is 17.0 Å². The largest absolute Gasteiger partial charge is 0.358 e. The number of carbonyl (C=O) groups excluding carboxylic acids is 1. The van der Waals surface area contributed by atoms with Crippen LogP contribution < -0.4 is 5.32 Å². The number of benzene rings is 1. The number of nitrogens with one attached hydrogen (secondary N) is 1. The molecule has 1 aromatic carbocycles. The normalized spacial score (nSPS) is 11.0. The maximum atomic E-state index is 12.2. The Balaban J connectivity index is 3.14. The van der Waals surface area contributed by atoms with Crippen molar-refractivity contribution in [1.29, 1.82) is 5.26 Å². The number of carbonyl (C=O) groups is 1. The van der Waals surface area contributed by atoms with Gasteiger partial charge in [-0.3, -0.25) is 4.79 Å². The first-order valence-electron chi connectivity index (χ1n) is 5.09. The van der Waals surface area contributed by atoms with Crippen LogP contribution in [0.2, 0.25) is 0 Å². The van der Waals surface area contributed by atoms with E-state index in [0.29, 0.717) is 0 Å². The van der Waals surface area contributed by atoms with Crippen LogP contribution in [0.3, 0.4) is 0 Å². The molecule has 0 saturated carbocycles. The predicted molar refractivity (Wildman–Crippen MR) is 65.0 cm³/mol. The summed E-state index contributed by atoms with van der Waals surface area (Å²) in [6, 6.07) is 7.69. The number of rotatable bonds is 4. The Kier molecular flexibility index (Phi) is 4.42. The molecule has 7 heteroatoms. The van der Waals surface area contributed by atoms with Gasteiger partial charge in [0.15, 0.2) is 0 Å². The molecule has 0 atom stereocenters. The highest BCUT2D eigenvalue weighted by molar-refractivity contribution is 7.89. The molecule has 0 aliphatic carbocycles. The molecule has 96 valence electrons. The third-order valence-corrected chi connectivity index (χ3v) is 4.20. The van der Waals surface area contributed by atoms with Crippen LogP contribution >= 0.6 is 0 Å². The van der Waals surface area contributed by atoms with Gasteiger partial charge in [-0.05, 0) is 12.1 Å². The summed E-state index contributed by atoms with van der Waals surface area (Å²) in [6.45, 7) is -0.293. The van der Waals surface area contributed by atoms with E-state index in [1.54, 1.807) is 6.07 Å². The number of sulfonamides is 1. The van der Waals surface area contributed by atoms with Gasteiger partial charge in [-0.1, -0.05) is 12.1 Å². The van der Waals surface area contributed by atoms with Crippen molar-refractivity contribution < 1.29 is 13.2 Å². The standard InChI is InChI=1S/C11H13N3O3S/c1-13-11(15)8-14(2)18(16,17)10-6-4-3-5-9(10)7-12/h3-6H,8H2,1-2H3,(H,13,15). The summed E-state index contributed by atoms with van der Waals surface area (Å²) in [5.74, 6) is -0.421. The van der Waals surface area contributed by atoms with Gasteiger partial charge < -0.3 is 5.32 Å². The molecule has 0 fully saturated rings. The molecule has 0 bridgehead atoms. The zero-order valence-electron chi connectivity index (χ0n) is 10.0. The van der Waals surface area contributed by atoms with Crippen molar-refractivity contribution in [2.45, 2.75) is 4.90 Å². The summed E-state index contributed by atoms with van der Waals surface area (Å²) in [5.41, 5.74) is 0.0567. The summed E-state index contributed by atoms with van der Waals surface area (Å²) in [6.07, 6.45) is 0. The van der Waals surface area contributed by atoms with Crippen LogP contribution in [-0.4, -0.2) is 39.3 Å². The molecule has 0 spiro atoms.